The van der Waals surface area contributed by atoms with Crippen LogP contribution in [0.3, 0.4) is 0 Å². The number of aromatic nitrogens is 3. The minimum Gasteiger partial charge on any atom is -0.361 e. The Morgan fingerprint density at radius 1 is 1.34 bits per heavy atom. The molecule has 0 radical (unpaired) electrons. The summed E-state index contributed by atoms with van der Waals surface area (Å²) >= 11 is 0. The van der Waals surface area contributed by atoms with E-state index in [4.69, 9.17) is 0 Å². The van der Waals surface area contributed by atoms with Crippen LogP contribution in [0.2, 0.25) is 0 Å². The number of halogens is 1. The van der Waals surface area contributed by atoms with Gasteiger partial charge in [-0.1, -0.05) is 18.2 Å². The van der Waals surface area contributed by atoms with Gasteiger partial charge in [0.15, 0.2) is 5.96 Å². The zero-order valence-corrected chi connectivity index (χ0v) is 19.6. The molecule has 0 spiro atoms. The molecule has 1 aliphatic rings. The molecule has 1 saturated heterocycles. The van der Waals surface area contributed by atoms with Gasteiger partial charge in [-0.15, -0.1) is 24.0 Å². The van der Waals surface area contributed by atoms with Gasteiger partial charge < -0.3 is 15.2 Å². The molecule has 0 saturated carbocycles. The Morgan fingerprint density at radius 2 is 2.21 bits per heavy atom. The first kappa shape index (κ1) is 21.7. The Balaban J connectivity index is 0.00000240. The fourth-order valence-corrected chi connectivity index (χ4v) is 4.25. The molecular formula is C22H31IN6. The van der Waals surface area contributed by atoms with E-state index in [9.17, 15) is 0 Å². The summed E-state index contributed by atoms with van der Waals surface area (Å²) in [6.45, 7) is 3.08. The van der Waals surface area contributed by atoms with Crippen molar-refractivity contribution in [2.75, 3.05) is 26.7 Å². The highest BCUT2D eigenvalue weighted by atomic mass is 127. The van der Waals surface area contributed by atoms with Gasteiger partial charge in [0.25, 0.3) is 0 Å². The van der Waals surface area contributed by atoms with E-state index in [1.54, 1.807) is 0 Å². The van der Waals surface area contributed by atoms with E-state index in [-0.39, 0.29) is 24.0 Å². The number of aromatic amines is 1. The van der Waals surface area contributed by atoms with Crippen molar-refractivity contribution in [2.24, 2.45) is 18.0 Å². The van der Waals surface area contributed by atoms with Crippen molar-refractivity contribution in [3.8, 4) is 0 Å². The van der Waals surface area contributed by atoms with Crippen LogP contribution >= 0.6 is 24.0 Å². The van der Waals surface area contributed by atoms with E-state index in [1.165, 1.54) is 28.5 Å². The van der Waals surface area contributed by atoms with Crippen LogP contribution in [-0.2, 0) is 19.9 Å². The van der Waals surface area contributed by atoms with Gasteiger partial charge in [0, 0.05) is 57.0 Å². The topological polar surface area (TPSA) is 61.2 Å². The lowest BCUT2D eigenvalue weighted by Gasteiger charge is -2.21. The molecule has 2 N–H and O–H groups in total. The van der Waals surface area contributed by atoms with Crippen LogP contribution < -0.4 is 5.32 Å². The second kappa shape index (κ2) is 10.1. The number of aryl methyl sites for hydroxylation is 2. The number of nitrogens with zero attached hydrogens (tertiary/aromatic N) is 4. The minimum atomic E-state index is 0. The number of likely N-dealkylation sites (tertiary alicyclic amines) is 1. The molecule has 6 nitrogen and oxygen atoms in total. The molecule has 1 unspecified atom stereocenters. The third-order valence-electron chi connectivity index (χ3n) is 5.66. The quantitative estimate of drug-likeness (QED) is 0.233. The Labute approximate surface area is 189 Å². The maximum atomic E-state index is 4.51. The lowest BCUT2D eigenvalue weighted by atomic mass is 10.0. The minimum absolute atomic E-state index is 0. The molecule has 0 aliphatic carbocycles. The van der Waals surface area contributed by atoms with Crippen LogP contribution in [0, 0.1) is 5.92 Å². The lowest BCUT2D eigenvalue weighted by Crippen LogP contribution is -2.40. The number of guanidine groups is 1. The van der Waals surface area contributed by atoms with Gasteiger partial charge >= 0.3 is 0 Å². The number of rotatable bonds is 6. The first-order chi connectivity index (χ1) is 13.7. The first-order valence-electron chi connectivity index (χ1n) is 10.2. The lowest BCUT2D eigenvalue weighted by molar-refractivity contribution is 0.459. The highest BCUT2D eigenvalue weighted by molar-refractivity contribution is 14.0. The summed E-state index contributed by atoms with van der Waals surface area (Å²) in [6.07, 6.45) is 10.7. The number of benzene rings is 1. The summed E-state index contributed by atoms with van der Waals surface area (Å²) in [7, 11) is 3.86. The third-order valence-corrected chi connectivity index (χ3v) is 5.66. The monoisotopic (exact) mass is 506 g/mol. The van der Waals surface area contributed by atoms with E-state index >= 15 is 0 Å². The number of hydrogen-bond acceptors (Lipinski definition) is 2. The molecule has 1 aliphatic heterocycles. The summed E-state index contributed by atoms with van der Waals surface area (Å²) < 4.78 is 1.89. The standard InChI is InChI=1S/C22H30N6.HI/c1-23-22(28-11-9-17(16-28)12-18-13-26-27(2)15-18)24-10-5-6-19-14-25-21-8-4-3-7-20(19)21;/h3-4,7-8,13-15,17,25H,5-6,9-12,16H2,1-2H3,(H,23,24);1H. The summed E-state index contributed by atoms with van der Waals surface area (Å²) in [6, 6.07) is 8.51. The summed E-state index contributed by atoms with van der Waals surface area (Å²) in [4.78, 5) is 10.3. The highest BCUT2D eigenvalue weighted by Gasteiger charge is 2.25. The molecule has 7 heteroatoms. The van der Waals surface area contributed by atoms with Gasteiger partial charge in [0.2, 0.25) is 0 Å². The highest BCUT2D eigenvalue weighted by Crippen LogP contribution is 2.21. The summed E-state index contributed by atoms with van der Waals surface area (Å²) in [5.74, 6) is 1.71. The van der Waals surface area contributed by atoms with Crippen LogP contribution in [0.1, 0.15) is 24.0 Å². The Kier molecular flexibility index (Phi) is 7.57. The molecule has 0 bridgehead atoms. The molecule has 0 amide bonds. The number of aliphatic imine (C=N–C) groups is 1. The second-order valence-corrected chi connectivity index (χ2v) is 7.76. The zero-order valence-electron chi connectivity index (χ0n) is 17.3. The molecule has 1 aromatic carbocycles. The van der Waals surface area contributed by atoms with E-state index in [0.717, 1.165) is 44.9 Å². The largest absolute Gasteiger partial charge is 0.361 e. The number of para-hydroxylation sites is 1. The Morgan fingerprint density at radius 3 is 3.00 bits per heavy atom. The van der Waals surface area contributed by atoms with Crippen molar-refractivity contribution in [2.45, 2.75) is 25.7 Å². The van der Waals surface area contributed by atoms with E-state index in [1.807, 2.05) is 25.0 Å². The molecule has 1 atom stereocenters. The maximum Gasteiger partial charge on any atom is 0.193 e. The van der Waals surface area contributed by atoms with Gasteiger partial charge in [0.05, 0.1) is 6.20 Å². The summed E-state index contributed by atoms with van der Waals surface area (Å²) in [5.41, 5.74) is 3.94. The van der Waals surface area contributed by atoms with Crippen LogP contribution in [0.5, 0.6) is 0 Å². The van der Waals surface area contributed by atoms with E-state index in [0.29, 0.717) is 5.92 Å². The van der Waals surface area contributed by atoms with Gasteiger partial charge in [-0.3, -0.25) is 9.67 Å². The zero-order chi connectivity index (χ0) is 19.3. The maximum absolute atomic E-state index is 4.51. The number of H-pyrrole nitrogens is 1. The fourth-order valence-electron chi connectivity index (χ4n) is 4.25. The number of hydrogen-bond donors (Lipinski definition) is 2. The second-order valence-electron chi connectivity index (χ2n) is 7.76. The van der Waals surface area contributed by atoms with Crippen LogP contribution in [0.25, 0.3) is 10.9 Å². The van der Waals surface area contributed by atoms with Crippen molar-refractivity contribution >= 4 is 40.8 Å². The molecule has 3 aromatic rings. The average Bonchev–Trinajstić information content (AvgIpc) is 3.43. The molecular weight excluding hydrogens is 475 g/mol. The van der Waals surface area contributed by atoms with Crippen molar-refractivity contribution < 1.29 is 0 Å². The van der Waals surface area contributed by atoms with Crippen LogP contribution in [-0.4, -0.2) is 52.3 Å². The van der Waals surface area contributed by atoms with Crippen molar-refractivity contribution in [3.05, 3.63) is 54.0 Å². The average molecular weight is 506 g/mol. The molecule has 3 heterocycles. The van der Waals surface area contributed by atoms with Gasteiger partial charge in [0.1, 0.15) is 0 Å². The molecule has 2 aromatic heterocycles. The number of fused-ring (bicyclic) bond motifs is 1. The van der Waals surface area contributed by atoms with Gasteiger partial charge in [-0.2, -0.15) is 5.10 Å². The van der Waals surface area contributed by atoms with E-state index < -0.39 is 0 Å². The smallest absolute Gasteiger partial charge is 0.193 e. The third kappa shape index (κ3) is 5.32. The molecule has 1 fully saturated rings. The predicted octanol–water partition coefficient (Wildman–Crippen LogP) is 3.59. The van der Waals surface area contributed by atoms with Crippen molar-refractivity contribution in [1.82, 2.24) is 25.0 Å². The van der Waals surface area contributed by atoms with Gasteiger partial charge in [-0.25, -0.2) is 0 Å². The van der Waals surface area contributed by atoms with Crippen LogP contribution in [0.15, 0.2) is 47.8 Å². The first-order valence-corrected chi connectivity index (χ1v) is 10.2. The van der Waals surface area contributed by atoms with Crippen LogP contribution in [0.4, 0.5) is 0 Å². The summed E-state index contributed by atoms with van der Waals surface area (Å²) in [5, 5.41) is 9.18. The predicted molar refractivity (Wildman–Crippen MR) is 130 cm³/mol. The number of nitrogens with one attached hydrogen (secondary N) is 2. The Bertz CT molecular complexity index is 944. The normalized spacial score (nSPS) is 17.0. The van der Waals surface area contributed by atoms with Gasteiger partial charge in [-0.05, 0) is 48.8 Å². The van der Waals surface area contributed by atoms with Crippen molar-refractivity contribution in [1.29, 1.82) is 0 Å². The Hall–Kier alpha value is -2.03. The fraction of sp³-hybridized carbons (Fsp3) is 0.455. The molecule has 4 rings (SSSR count). The molecule has 29 heavy (non-hydrogen) atoms. The molecule has 156 valence electrons. The van der Waals surface area contributed by atoms with Crippen molar-refractivity contribution in [3.63, 3.8) is 0 Å². The SMILES string of the molecule is CN=C(NCCCc1c[nH]c2ccccc12)N1CCC(Cc2cnn(C)c2)C1.I. The van der Waals surface area contributed by atoms with E-state index in [2.05, 4.69) is 62.0 Å².